The molecule has 0 heterocycles. The van der Waals surface area contributed by atoms with Crippen LogP contribution in [0.3, 0.4) is 0 Å². The monoisotopic (exact) mass is 265 g/mol. The Hall–Kier alpha value is -1.84. The summed E-state index contributed by atoms with van der Waals surface area (Å²) in [5.74, 6) is -0.456. The van der Waals surface area contributed by atoms with E-state index >= 15 is 0 Å². The fourth-order valence-corrected chi connectivity index (χ4v) is 0.815. The van der Waals surface area contributed by atoms with Crippen LogP contribution in [0, 0.1) is 0 Å². The number of hydrogen-bond acceptors (Lipinski definition) is 5. The SMILES string of the molecule is CC(=O)Nc1ccc(O)cc1O.O=S(=O)(O)O. The van der Waals surface area contributed by atoms with E-state index in [-0.39, 0.29) is 17.4 Å². The maximum Gasteiger partial charge on any atom is 0.394 e. The predicted octanol–water partition coefficient (Wildman–Crippen LogP) is 0.403. The van der Waals surface area contributed by atoms with Gasteiger partial charge in [-0.15, -0.1) is 0 Å². The normalized spacial score (nSPS) is 10.1. The highest BCUT2D eigenvalue weighted by atomic mass is 32.3. The summed E-state index contributed by atoms with van der Waals surface area (Å²) in [6.45, 7) is 1.34. The van der Waals surface area contributed by atoms with Gasteiger partial charge in [-0.1, -0.05) is 0 Å². The first-order chi connectivity index (χ1) is 7.59. The predicted molar refractivity (Wildman–Crippen MR) is 58.3 cm³/mol. The third-order valence-electron chi connectivity index (χ3n) is 1.29. The molecule has 1 aromatic carbocycles. The Labute approximate surface area is 97.1 Å². The molecule has 96 valence electrons. The molecule has 9 heteroatoms. The number of amides is 1. The molecule has 1 rings (SSSR count). The first kappa shape index (κ1) is 15.2. The minimum atomic E-state index is -4.67. The van der Waals surface area contributed by atoms with Crippen molar-refractivity contribution in [3.63, 3.8) is 0 Å². The van der Waals surface area contributed by atoms with Crippen LogP contribution >= 0.6 is 0 Å². The standard InChI is InChI=1S/C8H9NO3.H2O4S/c1-5(10)9-7-3-2-6(11)4-8(7)12;1-5(2,3)4/h2-4,11-12H,1H3,(H,9,10);(H2,1,2,3,4). The van der Waals surface area contributed by atoms with E-state index in [1.807, 2.05) is 0 Å². The average molecular weight is 265 g/mol. The van der Waals surface area contributed by atoms with Gasteiger partial charge in [0.05, 0.1) is 5.69 Å². The number of carbonyl (C=O) groups excluding carboxylic acids is 1. The third-order valence-corrected chi connectivity index (χ3v) is 1.29. The van der Waals surface area contributed by atoms with Gasteiger partial charge in [0, 0.05) is 13.0 Å². The fourth-order valence-electron chi connectivity index (χ4n) is 0.815. The summed E-state index contributed by atoms with van der Waals surface area (Å²) in [6, 6.07) is 3.96. The highest BCUT2D eigenvalue weighted by Gasteiger charge is 2.02. The fraction of sp³-hybridized carbons (Fsp3) is 0.125. The van der Waals surface area contributed by atoms with E-state index in [4.69, 9.17) is 27.7 Å². The zero-order valence-corrected chi connectivity index (χ0v) is 9.47. The van der Waals surface area contributed by atoms with Crippen LogP contribution in [0.5, 0.6) is 11.5 Å². The van der Waals surface area contributed by atoms with Gasteiger partial charge in [-0.2, -0.15) is 8.42 Å². The molecular weight excluding hydrogens is 254 g/mol. The molecule has 0 unspecified atom stereocenters. The lowest BCUT2D eigenvalue weighted by molar-refractivity contribution is -0.114. The van der Waals surface area contributed by atoms with Crippen molar-refractivity contribution >= 4 is 22.0 Å². The molecule has 0 saturated heterocycles. The van der Waals surface area contributed by atoms with Gasteiger partial charge in [-0.3, -0.25) is 13.9 Å². The van der Waals surface area contributed by atoms with Crippen molar-refractivity contribution in [2.75, 3.05) is 5.32 Å². The Balaban J connectivity index is 0.000000437. The van der Waals surface area contributed by atoms with Crippen LogP contribution < -0.4 is 5.32 Å². The van der Waals surface area contributed by atoms with E-state index in [1.165, 1.54) is 19.1 Å². The van der Waals surface area contributed by atoms with Gasteiger partial charge >= 0.3 is 10.4 Å². The van der Waals surface area contributed by atoms with E-state index in [0.717, 1.165) is 6.07 Å². The first-order valence-corrected chi connectivity index (χ1v) is 5.48. The Kier molecular flexibility index (Phi) is 5.38. The Morgan fingerprint density at radius 3 is 2.06 bits per heavy atom. The zero-order chi connectivity index (χ0) is 13.6. The Bertz CT molecular complexity index is 489. The Morgan fingerprint density at radius 2 is 1.71 bits per heavy atom. The number of carbonyl (C=O) groups is 1. The first-order valence-electron chi connectivity index (χ1n) is 4.09. The molecule has 0 radical (unpaired) electrons. The molecule has 0 fully saturated rings. The van der Waals surface area contributed by atoms with E-state index in [1.54, 1.807) is 0 Å². The summed E-state index contributed by atoms with van der Waals surface area (Å²) in [5.41, 5.74) is 0.292. The van der Waals surface area contributed by atoms with Crippen LogP contribution in [-0.2, 0) is 15.2 Å². The molecule has 5 N–H and O–H groups in total. The molecule has 0 saturated carbocycles. The quantitative estimate of drug-likeness (QED) is 0.281. The van der Waals surface area contributed by atoms with E-state index < -0.39 is 10.4 Å². The maximum atomic E-state index is 10.6. The van der Waals surface area contributed by atoms with Gasteiger partial charge in [0.1, 0.15) is 11.5 Å². The van der Waals surface area contributed by atoms with Gasteiger partial charge in [0.15, 0.2) is 0 Å². The van der Waals surface area contributed by atoms with Crippen molar-refractivity contribution in [1.82, 2.24) is 0 Å². The number of nitrogens with one attached hydrogen (secondary N) is 1. The van der Waals surface area contributed by atoms with Crippen molar-refractivity contribution < 1.29 is 32.5 Å². The molecular formula is C8H11NO7S. The van der Waals surface area contributed by atoms with Crippen LogP contribution in [0.25, 0.3) is 0 Å². The minimum absolute atomic E-state index is 0.0402. The second-order valence-corrected chi connectivity index (χ2v) is 3.73. The molecule has 1 aromatic rings. The molecule has 0 spiro atoms. The van der Waals surface area contributed by atoms with Gasteiger partial charge < -0.3 is 15.5 Å². The number of phenols is 2. The van der Waals surface area contributed by atoms with Crippen LogP contribution in [0.2, 0.25) is 0 Å². The summed E-state index contributed by atoms with van der Waals surface area (Å²) in [4.78, 5) is 10.6. The van der Waals surface area contributed by atoms with E-state index in [0.29, 0.717) is 5.69 Å². The van der Waals surface area contributed by atoms with Crippen molar-refractivity contribution in [2.45, 2.75) is 6.92 Å². The van der Waals surface area contributed by atoms with Gasteiger partial charge in [-0.05, 0) is 12.1 Å². The number of benzene rings is 1. The minimum Gasteiger partial charge on any atom is -0.508 e. The number of rotatable bonds is 1. The van der Waals surface area contributed by atoms with E-state index in [9.17, 15) is 4.79 Å². The second-order valence-electron chi connectivity index (χ2n) is 2.83. The molecule has 0 aromatic heterocycles. The van der Waals surface area contributed by atoms with Crippen LogP contribution in [-0.4, -0.2) is 33.6 Å². The Morgan fingerprint density at radius 1 is 1.24 bits per heavy atom. The lowest BCUT2D eigenvalue weighted by Crippen LogP contribution is -2.05. The van der Waals surface area contributed by atoms with E-state index in [2.05, 4.69) is 5.32 Å². The van der Waals surface area contributed by atoms with Crippen molar-refractivity contribution in [3.8, 4) is 11.5 Å². The molecule has 0 aliphatic carbocycles. The summed E-state index contributed by atoms with van der Waals surface area (Å²) >= 11 is 0. The van der Waals surface area contributed by atoms with Gasteiger partial charge in [-0.25, -0.2) is 0 Å². The van der Waals surface area contributed by atoms with Crippen LogP contribution in [0.1, 0.15) is 6.92 Å². The highest BCUT2D eigenvalue weighted by molar-refractivity contribution is 7.79. The zero-order valence-electron chi connectivity index (χ0n) is 8.65. The molecule has 8 nitrogen and oxygen atoms in total. The van der Waals surface area contributed by atoms with Gasteiger partial charge in [0.2, 0.25) is 5.91 Å². The third kappa shape index (κ3) is 9.11. The summed E-state index contributed by atoms with van der Waals surface area (Å²) in [7, 11) is -4.67. The molecule has 0 atom stereocenters. The number of hydrogen-bond donors (Lipinski definition) is 5. The molecule has 0 aliphatic rings. The topological polar surface area (TPSA) is 144 Å². The summed E-state index contributed by atoms with van der Waals surface area (Å²) in [6.07, 6.45) is 0. The van der Waals surface area contributed by atoms with Gasteiger partial charge in [0.25, 0.3) is 0 Å². The number of anilines is 1. The smallest absolute Gasteiger partial charge is 0.394 e. The lowest BCUT2D eigenvalue weighted by atomic mass is 10.3. The number of aromatic hydroxyl groups is 2. The largest absolute Gasteiger partial charge is 0.508 e. The molecule has 0 aliphatic heterocycles. The molecule has 17 heavy (non-hydrogen) atoms. The van der Waals surface area contributed by atoms with Crippen LogP contribution in [0.15, 0.2) is 18.2 Å². The highest BCUT2D eigenvalue weighted by Crippen LogP contribution is 2.26. The summed E-state index contributed by atoms with van der Waals surface area (Å²) in [5, 5.41) is 20.5. The average Bonchev–Trinajstić information content (AvgIpc) is 2.06. The van der Waals surface area contributed by atoms with Crippen molar-refractivity contribution in [1.29, 1.82) is 0 Å². The molecule has 0 bridgehead atoms. The van der Waals surface area contributed by atoms with Crippen molar-refractivity contribution in [2.24, 2.45) is 0 Å². The lowest BCUT2D eigenvalue weighted by Gasteiger charge is -2.04. The second kappa shape index (κ2) is 6.03. The molecule has 1 amide bonds. The maximum absolute atomic E-state index is 10.6. The van der Waals surface area contributed by atoms with Crippen molar-refractivity contribution in [3.05, 3.63) is 18.2 Å². The number of phenolic OH excluding ortho intramolecular Hbond substituents is 2. The summed E-state index contributed by atoms with van der Waals surface area (Å²) < 4.78 is 31.6. The van der Waals surface area contributed by atoms with Crippen LogP contribution in [0.4, 0.5) is 5.69 Å².